The average Bonchev–Trinajstić information content (AvgIpc) is 2.66. The fourth-order valence-electron chi connectivity index (χ4n) is 0.936. The summed E-state index contributed by atoms with van der Waals surface area (Å²) >= 11 is 0. The quantitative estimate of drug-likeness (QED) is 0.693. The lowest BCUT2D eigenvalue weighted by Crippen LogP contribution is -2.10. The molecule has 0 aliphatic carbocycles. The van der Waals surface area contributed by atoms with Crippen LogP contribution in [0.25, 0.3) is 0 Å². The highest BCUT2D eigenvalue weighted by Crippen LogP contribution is 2.09. The van der Waals surface area contributed by atoms with Crippen LogP contribution in [-0.2, 0) is 11.3 Å². The van der Waals surface area contributed by atoms with Gasteiger partial charge in [-0.2, -0.15) is 4.98 Å². The van der Waals surface area contributed by atoms with Crippen molar-refractivity contribution >= 4 is 0 Å². The van der Waals surface area contributed by atoms with Gasteiger partial charge < -0.3 is 15.0 Å². The molecule has 1 heterocycles. The summed E-state index contributed by atoms with van der Waals surface area (Å²) < 4.78 is 10.3. The van der Waals surface area contributed by atoms with Gasteiger partial charge in [0.15, 0.2) is 5.82 Å². The normalized spacial score (nSPS) is 13.1. The number of nitrogens with zero attached hydrogens (tertiary/aromatic N) is 2. The molecule has 0 saturated carbocycles. The molecular formula is C9H17N3O2. The molecular weight excluding hydrogens is 182 g/mol. The molecule has 1 rings (SSSR count). The van der Waals surface area contributed by atoms with Crippen molar-refractivity contribution in [3.8, 4) is 0 Å². The number of hydrogen-bond acceptors (Lipinski definition) is 5. The number of hydrogen-bond donors (Lipinski definition) is 1. The molecule has 0 saturated heterocycles. The van der Waals surface area contributed by atoms with E-state index >= 15 is 0 Å². The lowest BCUT2D eigenvalue weighted by molar-refractivity contribution is 0.0981. The van der Waals surface area contributed by atoms with Gasteiger partial charge >= 0.3 is 0 Å². The fourth-order valence-corrected chi connectivity index (χ4v) is 0.936. The largest absolute Gasteiger partial charge is 0.372 e. The Kier molecular flexibility index (Phi) is 4.55. The van der Waals surface area contributed by atoms with Crippen molar-refractivity contribution in [3.05, 3.63) is 11.7 Å². The smallest absolute Gasteiger partial charge is 0.252 e. The highest BCUT2D eigenvalue weighted by molar-refractivity contribution is 4.93. The second-order valence-corrected chi connectivity index (χ2v) is 3.24. The minimum Gasteiger partial charge on any atom is -0.372 e. The minimum atomic E-state index is 0.138. The van der Waals surface area contributed by atoms with E-state index in [9.17, 15) is 0 Å². The zero-order valence-corrected chi connectivity index (χ0v) is 8.69. The molecule has 5 heteroatoms. The first-order valence-electron chi connectivity index (χ1n) is 4.88. The summed E-state index contributed by atoms with van der Waals surface area (Å²) in [6.45, 7) is 5.63. The first kappa shape index (κ1) is 11.1. The van der Waals surface area contributed by atoms with E-state index in [0.29, 0.717) is 31.5 Å². The Balaban J connectivity index is 2.42. The van der Waals surface area contributed by atoms with E-state index in [0.717, 1.165) is 6.42 Å². The van der Waals surface area contributed by atoms with Crippen LogP contribution in [0.2, 0.25) is 0 Å². The zero-order valence-electron chi connectivity index (χ0n) is 8.69. The summed E-state index contributed by atoms with van der Waals surface area (Å²) in [7, 11) is 0. The van der Waals surface area contributed by atoms with E-state index in [4.69, 9.17) is 15.0 Å². The summed E-state index contributed by atoms with van der Waals surface area (Å²) in [6, 6.07) is 0. The van der Waals surface area contributed by atoms with Crippen molar-refractivity contribution in [1.29, 1.82) is 0 Å². The molecule has 2 N–H and O–H groups in total. The van der Waals surface area contributed by atoms with Crippen LogP contribution in [0.3, 0.4) is 0 Å². The average molecular weight is 199 g/mol. The maximum absolute atomic E-state index is 5.48. The van der Waals surface area contributed by atoms with Crippen LogP contribution in [0.1, 0.15) is 37.9 Å². The number of ether oxygens (including phenoxy) is 1. The molecule has 1 aromatic heterocycles. The van der Waals surface area contributed by atoms with E-state index in [2.05, 4.69) is 17.1 Å². The third kappa shape index (κ3) is 3.08. The molecule has 1 atom stereocenters. The van der Waals surface area contributed by atoms with Gasteiger partial charge in [-0.1, -0.05) is 19.0 Å². The van der Waals surface area contributed by atoms with Gasteiger partial charge in [-0.15, -0.1) is 0 Å². The third-order valence-corrected chi connectivity index (χ3v) is 1.85. The Morgan fingerprint density at radius 3 is 3.00 bits per heavy atom. The molecule has 80 valence electrons. The maximum Gasteiger partial charge on any atom is 0.252 e. The highest BCUT2D eigenvalue weighted by atomic mass is 16.5. The Hall–Kier alpha value is -0.940. The Bertz CT molecular complexity index is 262. The van der Waals surface area contributed by atoms with E-state index < -0.39 is 0 Å². The summed E-state index contributed by atoms with van der Waals surface area (Å²) in [6.07, 6.45) is 0.986. The van der Waals surface area contributed by atoms with Gasteiger partial charge in [-0.3, -0.25) is 0 Å². The molecule has 0 amide bonds. The molecule has 0 bridgehead atoms. The molecule has 0 aliphatic rings. The van der Waals surface area contributed by atoms with Gasteiger partial charge in [0.05, 0.1) is 0 Å². The lowest BCUT2D eigenvalue weighted by Gasteiger charge is -1.99. The monoisotopic (exact) mass is 199 g/mol. The van der Waals surface area contributed by atoms with Crippen molar-refractivity contribution in [2.24, 2.45) is 5.73 Å². The van der Waals surface area contributed by atoms with Crippen molar-refractivity contribution in [2.45, 2.75) is 32.8 Å². The first-order chi connectivity index (χ1) is 6.77. The van der Waals surface area contributed by atoms with E-state index in [1.54, 1.807) is 0 Å². The van der Waals surface area contributed by atoms with Crippen LogP contribution in [0.4, 0.5) is 0 Å². The van der Waals surface area contributed by atoms with E-state index in [1.165, 1.54) is 0 Å². The van der Waals surface area contributed by atoms with E-state index in [-0.39, 0.29) is 5.92 Å². The number of nitrogens with two attached hydrogens (primary N) is 1. The van der Waals surface area contributed by atoms with Crippen molar-refractivity contribution in [1.82, 2.24) is 10.1 Å². The second-order valence-electron chi connectivity index (χ2n) is 3.24. The van der Waals surface area contributed by atoms with Crippen LogP contribution in [0.5, 0.6) is 0 Å². The van der Waals surface area contributed by atoms with Gasteiger partial charge in [-0.25, -0.2) is 0 Å². The van der Waals surface area contributed by atoms with Crippen molar-refractivity contribution in [2.75, 3.05) is 13.2 Å². The van der Waals surface area contributed by atoms with Crippen LogP contribution < -0.4 is 5.73 Å². The summed E-state index contributed by atoms with van der Waals surface area (Å²) in [5.74, 6) is 1.31. The molecule has 14 heavy (non-hydrogen) atoms. The minimum absolute atomic E-state index is 0.138. The van der Waals surface area contributed by atoms with Crippen LogP contribution in [0.15, 0.2) is 4.52 Å². The van der Waals surface area contributed by atoms with Crippen molar-refractivity contribution in [3.63, 3.8) is 0 Å². The summed E-state index contributed by atoms with van der Waals surface area (Å²) in [5.41, 5.74) is 5.48. The van der Waals surface area contributed by atoms with Gasteiger partial charge in [-0.05, 0) is 6.42 Å². The molecule has 0 aromatic carbocycles. The van der Waals surface area contributed by atoms with Crippen molar-refractivity contribution < 1.29 is 9.26 Å². The Morgan fingerprint density at radius 1 is 1.57 bits per heavy atom. The fraction of sp³-hybridized carbons (Fsp3) is 0.778. The predicted molar refractivity (Wildman–Crippen MR) is 51.7 cm³/mol. The van der Waals surface area contributed by atoms with Crippen LogP contribution >= 0.6 is 0 Å². The molecule has 5 nitrogen and oxygen atoms in total. The summed E-state index contributed by atoms with van der Waals surface area (Å²) in [5, 5.41) is 3.82. The lowest BCUT2D eigenvalue weighted by atomic mass is 10.2. The van der Waals surface area contributed by atoms with Gasteiger partial charge in [0.2, 0.25) is 0 Å². The molecule has 0 spiro atoms. The van der Waals surface area contributed by atoms with Crippen LogP contribution in [0, 0.1) is 0 Å². The standard InChI is InChI=1S/C9H17N3O2/c1-3-4-13-6-8-11-9(12-14-8)7(2)5-10/h7H,3-6,10H2,1-2H3. The topological polar surface area (TPSA) is 74.2 Å². The number of aromatic nitrogens is 2. The highest BCUT2D eigenvalue weighted by Gasteiger charge is 2.11. The summed E-state index contributed by atoms with van der Waals surface area (Å²) in [4.78, 5) is 4.17. The van der Waals surface area contributed by atoms with Gasteiger partial charge in [0.1, 0.15) is 6.61 Å². The second kappa shape index (κ2) is 5.72. The molecule has 0 aliphatic heterocycles. The van der Waals surface area contributed by atoms with Gasteiger partial charge in [0.25, 0.3) is 5.89 Å². The van der Waals surface area contributed by atoms with Crippen LogP contribution in [-0.4, -0.2) is 23.3 Å². The maximum atomic E-state index is 5.48. The Labute approximate surface area is 83.6 Å². The molecule has 1 unspecified atom stereocenters. The number of rotatable bonds is 6. The molecule has 0 radical (unpaired) electrons. The Morgan fingerprint density at radius 2 is 2.36 bits per heavy atom. The third-order valence-electron chi connectivity index (χ3n) is 1.85. The first-order valence-corrected chi connectivity index (χ1v) is 4.88. The molecule has 0 fully saturated rings. The SMILES string of the molecule is CCCOCc1nc(C(C)CN)no1. The zero-order chi connectivity index (χ0) is 10.4. The predicted octanol–water partition coefficient (Wildman–Crippen LogP) is 1.06. The van der Waals surface area contributed by atoms with Gasteiger partial charge in [0, 0.05) is 19.1 Å². The molecule has 1 aromatic rings. The van der Waals surface area contributed by atoms with E-state index in [1.807, 2.05) is 6.92 Å².